The Morgan fingerprint density at radius 2 is 2.00 bits per heavy atom. The number of benzene rings is 1. The number of Topliss-reactive ketones (excluding diaryl/α,β-unsaturated/α-hetero) is 1. The molecule has 3 nitrogen and oxygen atoms in total. The first-order valence-corrected chi connectivity index (χ1v) is 4.38. The molecule has 1 aromatic carbocycles. The van der Waals surface area contributed by atoms with Gasteiger partial charge in [-0.2, -0.15) is 0 Å². The molecule has 14 heavy (non-hydrogen) atoms. The lowest BCUT2D eigenvalue weighted by Crippen LogP contribution is -2.04. The van der Waals surface area contributed by atoms with Gasteiger partial charge in [-0.3, -0.25) is 4.79 Å². The van der Waals surface area contributed by atoms with Crippen molar-refractivity contribution in [1.29, 1.82) is 0 Å². The number of hydrogen-bond donors (Lipinski definition) is 1. The van der Waals surface area contributed by atoms with Crippen LogP contribution in [0.4, 0.5) is 0 Å². The van der Waals surface area contributed by atoms with E-state index in [2.05, 4.69) is 0 Å². The molecule has 2 rings (SSSR count). The van der Waals surface area contributed by atoms with Gasteiger partial charge in [0.2, 0.25) is 0 Å². The molecule has 0 amide bonds. The summed E-state index contributed by atoms with van der Waals surface area (Å²) in [4.78, 5) is 11.7. The maximum Gasteiger partial charge on any atom is 0.191 e. The zero-order chi connectivity index (χ0) is 9.97. The Labute approximate surface area is 81.6 Å². The van der Waals surface area contributed by atoms with Crippen LogP contribution >= 0.6 is 0 Å². The summed E-state index contributed by atoms with van der Waals surface area (Å²) in [6, 6.07) is 6.22. The number of rotatable bonds is 2. The lowest BCUT2D eigenvalue weighted by atomic mass is 10.0. The highest BCUT2D eigenvalue weighted by Crippen LogP contribution is 2.15. The van der Waals surface area contributed by atoms with Gasteiger partial charge in [0.1, 0.15) is 5.75 Å². The summed E-state index contributed by atoms with van der Waals surface area (Å²) in [5.74, 6) is 0.140. The Bertz CT molecular complexity index is 376. The topological polar surface area (TPSA) is 46.5 Å². The molecule has 1 aliphatic heterocycles. The van der Waals surface area contributed by atoms with Crippen LogP contribution in [0.2, 0.25) is 0 Å². The fourth-order valence-electron chi connectivity index (χ4n) is 1.34. The van der Waals surface area contributed by atoms with Crippen molar-refractivity contribution >= 4 is 5.78 Å². The van der Waals surface area contributed by atoms with Gasteiger partial charge >= 0.3 is 0 Å². The van der Waals surface area contributed by atoms with Crippen molar-refractivity contribution in [2.75, 3.05) is 13.2 Å². The molecule has 0 saturated carbocycles. The molecule has 1 N–H and O–H groups in total. The van der Waals surface area contributed by atoms with E-state index in [9.17, 15) is 4.79 Å². The number of phenols is 1. The number of aromatic hydroxyl groups is 1. The van der Waals surface area contributed by atoms with Crippen LogP contribution in [0.25, 0.3) is 0 Å². The summed E-state index contributed by atoms with van der Waals surface area (Å²) in [6.45, 7) is 0.902. The molecule has 0 atom stereocenters. The summed E-state index contributed by atoms with van der Waals surface area (Å²) in [6.07, 6.45) is 1.79. The standard InChI is InChI=1S/C11H10O3/c12-10-3-1-8(2-4-10)11(13)9-5-6-14-7-9/h1-5,12H,6-7H2. The predicted molar refractivity (Wildman–Crippen MR) is 51.3 cm³/mol. The zero-order valence-corrected chi connectivity index (χ0v) is 7.56. The van der Waals surface area contributed by atoms with E-state index < -0.39 is 0 Å². The van der Waals surface area contributed by atoms with Crippen LogP contribution in [-0.4, -0.2) is 24.1 Å². The van der Waals surface area contributed by atoms with Crippen molar-refractivity contribution in [1.82, 2.24) is 0 Å². The van der Waals surface area contributed by atoms with E-state index >= 15 is 0 Å². The van der Waals surface area contributed by atoms with Crippen LogP contribution in [0, 0.1) is 0 Å². The van der Waals surface area contributed by atoms with E-state index in [0.717, 1.165) is 0 Å². The lowest BCUT2D eigenvalue weighted by Gasteiger charge is -2.00. The van der Waals surface area contributed by atoms with Crippen molar-refractivity contribution < 1.29 is 14.6 Å². The molecule has 1 aromatic rings. The Balaban J connectivity index is 2.22. The Hall–Kier alpha value is -1.61. The van der Waals surface area contributed by atoms with Gasteiger partial charge in [0.15, 0.2) is 5.78 Å². The lowest BCUT2D eigenvalue weighted by molar-refractivity contribution is 0.101. The van der Waals surface area contributed by atoms with E-state index in [4.69, 9.17) is 9.84 Å². The smallest absolute Gasteiger partial charge is 0.191 e. The maximum absolute atomic E-state index is 11.7. The minimum Gasteiger partial charge on any atom is -0.508 e. The third-order valence-corrected chi connectivity index (χ3v) is 2.13. The molecule has 1 heterocycles. The van der Waals surface area contributed by atoms with Crippen molar-refractivity contribution in [3.63, 3.8) is 0 Å². The SMILES string of the molecule is O=C(C1=CCOC1)c1ccc(O)cc1. The molecule has 0 aliphatic carbocycles. The summed E-state index contributed by atoms with van der Waals surface area (Å²) in [5, 5.41) is 9.05. The summed E-state index contributed by atoms with van der Waals surface area (Å²) >= 11 is 0. The first-order chi connectivity index (χ1) is 6.77. The maximum atomic E-state index is 11.7. The highest BCUT2D eigenvalue weighted by atomic mass is 16.5. The Morgan fingerprint density at radius 3 is 2.57 bits per heavy atom. The highest BCUT2D eigenvalue weighted by molar-refractivity contribution is 6.09. The third kappa shape index (κ3) is 1.67. The van der Waals surface area contributed by atoms with Gasteiger partial charge in [-0.15, -0.1) is 0 Å². The molecule has 3 heteroatoms. The van der Waals surface area contributed by atoms with E-state index in [1.807, 2.05) is 0 Å². The van der Waals surface area contributed by atoms with E-state index in [1.54, 1.807) is 18.2 Å². The van der Waals surface area contributed by atoms with Crippen LogP contribution in [-0.2, 0) is 4.74 Å². The number of carbonyl (C=O) groups is 1. The second-order valence-electron chi connectivity index (χ2n) is 3.12. The number of ketones is 1. The number of hydrogen-bond acceptors (Lipinski definition) is 3. The third-order valence-electron chi connectivity index (χ3n) is 2.13. The summed E-state index contributed by atoms with van der Waals surface area (Å²) in [7, 11) is 0. The summed E-state index contributed by atoms with van der Waals surface area (Å²) < 4.78 is 5.06. The van der Waals surface area contributed by atoms with Gasteiger partial charge in [0.05, 0.1) is 13.2 Å². The van der Waals surface area contributed by atoms with E-state index in [0.29, 0.717) is 24.4 Å². The van der Waals surface area contributed by atoms with Crippen molar-refractivity contribution in [3.8, 4) is 5.75 Å². The van der Waals surface area contributed by atoms with E-state index in [-0.39, 0.29) is 11.5 Å². The second-order valence-corrected chi connectivity index (χ2v) is 3.12. The second kappa shape index (κ2) is 3.64. The fraction of sp³-hybridized carbons (Fsp3) is 0.182. The fourth-order valence-corrected chi connectivity index (χ4v) is 1.34. The first kappa shape index (κ1) is 8.97. The molecule has 0 fully saturated rings. The van der Waals surface area contributed by atoms with Crippen molar-refractivity contribution in [2.24, 2.45) is 0 Å². The largest absolute Gasteiger partial charge is 0.508 e. The number of ether oxygens (including phenoxy) is 1. The number of phenolic OH excluding ortho intramolecular Hbond substituents is 1. The average Bonchev–Trinajstić information content (AvgIpc) is 2.71. The molecular formula is C11H10O3. The molecule has 1 aliphatic rings. The molecule has 0 aromatic heterocycles. The molecular weight excluding hydrogens is 180 g/mol. The molecule has 0 saturated heterocycles. The van der Waals surface area contributed by atoms with Crippen LogP contribution in [0.15, 0.2) is 35.9 Å². The van der Waals surface area contributed by atoms with Crippen molar-refractivity contribution in [2.45, 2.75) is 0 Å². The van der Waals surface area contributed by atoms with Crippen LogP contribution < -0.4 is 0 Å². The monoisotopic (exact) mass is 190 g/mol. The molecule has 0 radical (unpaired) electrons. The van der Waals surface area contributed by atoms with Gasteiger partial charge in [0, 0.05) is 11.1 Å². The van der Waals surface area contributed by atoms with Gasteiger partial charge in [-0.1, -0.05) is 0 Å². The Kier molecular flexibility index (Phi) is 2.33. The normalized spacial score (nSPS) is 15.3. The van der Waals surface area contributed by atoms with Gasteiger partial charge in [0.25, 0.3) is 0 Å². The molecule has 0 bridgehead atoms. The minimum absolute atomic E-state index is 0.0255. The van der Waals surface area contributed by atoms with Gasteiger partial charge in [-0.25, -0.2) is 0 Å². The molecule has 0 spiro atoms. The predicted octanol–water partition coefficient (Wildman–Crippen LogP) is 1.53. The summed E-state index contributed by atoms with van der Waals surface area (Å²) in [5.41, 5.74) is 1.27. The molecule has 72 valence electrons. The quantitative estimate of drug-likeness (QED) is 0.719. The van der Waals surface area contributed by atoms with E-state index in [1.165, 1.54) is 12.1 Å². The highest BCUT2D eigenvalue weighted by Gasteiger charge is 2.15. The van der Waals surface area contributed by atoms with Gasteiger partial charge in [-0.05, 0) is 30.3 Å². The first-order valence-electron chi connectivity index (χ1n) is 4.38. The van der Waals surface area contributed by atoms with Gasteiger partial charge < -0.3 is 9.84 Å². The molecule has 0 unspecified atom stereocenters. The van der Waals surface area contributed by atoms with Crippen LogP contribution in [0.1, 0.15) is 10.4 Å². The average molecular weight is 190 g/mol. The minimum atomic E-state index is -0.0255. The Morgan fingerprint density at radius 1 is 1.29 bits per heavy atom. The number of carbonyl (C=O) groups excluding carboxylic acids is 1. The van der Waals surface area contributed by atoms with Crippen molar-refractivity contribution in [3.05, 3.63) is 41.5 Å². The van der Waals surface area contributed by atoms with Crippen LogP contribution in [0.3, 0.4) is 0 Å². The zero-order valence-electron chi connectivity index (χ0n) is 7.56. The van der Waals surface area contributed by atoms with Crippen LogP contribution in [0.5, 0.6) is 5.75 Å².